The first kappa shape index (κ1) is 12.8. The first-order valence-electron chi connectivity index (χ1n) is 5.65. The van der Waals surface area contributed by atoms with Gasteiger partial charge in [0.1, 0.15) is 0 Å². The lowest BCUT2D eigenvalue weighted by molar-refractivity contribution is 0.0583. The van der Waals surface area contributed by atoms with Crippen molar-refractivity contribution in [3.8, 4) is 11.1 Å². The van der Waals surface area contributed by atoms with E-state index in [2.05, 4.69) is 4.74 Å². The molecule has 0 radical (unpaired) electrons. The zero-order valence-corrected chi connectivity index (χ0v) is 10.3. The molecule has 0 unspecified atom stereocenters. The molecule has 0 fully saturated rings. The molecular weight excluding hydrogens is 244 g/mol. The van der Waals surface area contributed by atoms with Crippen LogP contribution in [-0.2, 0) is 4.74 Å². The first-order chi connectivity index (χ1) is 9.15. The average Bonchev–Trinajstić information content (AvgIpc) is 2.46. The van der Waals surface area contributed by atoms with Gasteiger partial charge in [-0.1, -0.05) is 42.5 Å². The summed E-state index contributed by atoms with van der Waals surface area (Å²) >= 11 is 0. The van der Waals surface area contributed by atoms with Gasteiger partial charge in [0, 0.05) is 0 Å². The normalized spacial score (nSPS) is 9.95. The lowest BCUT2D eigenvalue weighted by atomic mass is 9.95. The van der Waals surface area contributed by atoms with E-state index in [-0.39, 0.29) is 11.1 Å². The molecule has 0 spiro atoms. The second-order valence-corrected chi connectivity index (χ2v) is 3.89. The van der Waals surface area contributed by atoms with E-state index in [9.17, 15) is 14.7 Å². The molecule has 0 saturated carbocycles. The van der Waals surface area contributed by atoms with E-state index in [1.165, 1.54) is 13.2 Å². The maximum atomic E-state index is 11.6. The highest BCUT2D eigenvalue weighted by atomic mass is 16.5. The Morgan fingerprint density at radius 3 is 2.26 bits per heavy atom. The first-order valence-corrected chi connectivity index (χ1v) is 5.65. The molecule has 4 nitrogen and oxygen atoms in total. The van der Waals surface area contributed by atoms with Crippen LogP contribution in [0.4, 0.5) is 0 Å². The van der Waals surface area contributed by atoms with Crippen molar-refractivity contribution in [3.63, 3.8) is 0 Å². The van der Waals surface area contributed by atoms with Gasteiger partial charge >= 0.3 is 11.9 Å². The van der Waals surface area contributed by atoms with Gasteiger partial charge in [-0.25, -0.2) is 9.59 Å². The van der Waals surface area contributed by atoms with Crippen molar-refractivity contribution in [3.05, 3.63) is 59.7 Å². The quantitative estimate of drug-likeness (QED) is 0.858. The lowest BCUT2D eigenvalue weighted by Gasteiger charge is -2.10. The van der Waals surface area contributed by atoms with Gasteiger partial charge < -0.3 is 9.84 Å². The summed E-state index contributed by atoms with van der Waals surface area (Å²) in [5.41, 5.74) is 1.25. The van der Waals surface area contributed by atoms with Crippen LogP contribution in [0.15, 0.2) is 48.5 Å². The molecular formula is C15H12O4. The van der Waals surface area contributed by atoms with Gasteiger partial charge in [-0.15, -0.1) is 0 Å². The van der Waals surface area contributed by atoms with Crippen LogP contribution in [0.2, 0.25) is 0 Å². The molecule has 2 aromatic carbocycles. The second kappa shape index (κ2) is 5.35. The van der Waals surface area contributed by atoms with Crippen molar-refractivity contribution in [2.45, 2.75) is 0 Å². The van der Waals surface area contributed by atoms with Crippen molar-refractivity contribution in [1.82, 2.24) is 0 Å². The molecule has 0 amide bonds. The minimum Gasteiger partial charge on any atom is -0.478 e. The number of hydrogen-bond acceptors (Lipinski definition) is 3. The van der Waals surface area contributed by atoms with Crippen LogP contribution in [0.5, 0.6) is 0 Å². The molecule has 0 saturated heterocycles. The number of carboxylic acid groups (broad SMARTS) is 1. The Kier molecular flexibility index (Phi) is 3.61. The van der Waals surface area contributed by atoms with Crippen molar-refractivity contribution in [1.29, 1.82) is 0 Å². The summed E-state index contributed by atoms with van der Waals surface area (Å²) in [5, 5.41) is 9.34. The monoisotopic (exact) mass is 256 g/mol. The summed E-state index contributed by atoms with van der Waals surface area (Å²) in [4.78, 5) is 23.1. The Balaban J connectivity index is 2.69. The number of methoxy groups -OCH3 is 1. The Labute approximate surface area is 110 Å². The molecule has 19 heavy (non-hydrogen) atoms. The number of aromatic carboxylic acids is 1. The van der Waals surface area contributed by atoms with Crippen LogP contribution < -0.4 is 0 Å². The standard InChI is InChI=1S/C15H12O4/c1-19-15(18)12-9-5-8-11(13(12)14(16)17)10-6-3-2-4-7-10/h2-9H,1H3,(H,16,17). The van der Waals surface area contributed by atoms with Crippen LogP contribution in [0.1, 0.15) is 20.7 Å². The molecule has 0 atom stereocenters. The maximum absolute atomic E-state index is 11.6. The predicted molar refractivity (Wildman–Crippen MR) is 70.2 cm³/mol. The van der Waals surface area contributed by atoms with Gasteiger partial charge in [0.25, 0.3) is 0 Å². The fourth-order valence-corrected chi connectivity index (χ4v) is 1.92. The average molecular weight is 256 g/mol. The van der Waals surface area contributed by atoms with Crippen LogP contribution in [0.3, 0.4) is 0 Å². The van der Waals surface area contributed by atoms with E-state index in [1.54, 1.807) is 24.3 Å². The summed E-state index contributed by atoms with van der Waals surface area (Å²) in [5.74, 6) is -1.81. The smallest absolute Gasteiger partial charge is 0.338 e. The predicted octanol–water partition coefficient (Wildman–Crippen LogP) is 2.84. The summed E-state index contributed by atoms with van der Waals surface area (Å²) < 4.78 is 4.62. The highest BCUT2D eigenvalue weighted by Crippen LogP contribution is 2.26. The van der Waals surface area contributed by atoms with Gasteiger partial charge in [0.15, 0.2) is 0 Å². The van der Waals surface area contributed by atoms with Crippen molar-refractivity contribution in [2.75, 3.05) is 7.11 Å². The molecule has 0 heterocycles. The van der Waals surface area contributed by atoms with E-state index in [4.69, 9.17) is 0 Å². The van der Waals surface area contributed by atoms with E-state index in [0.717, 1.165) is 5.56 Å². The van der Waals surface area contributed by atoms with Gasteiger partial charge in [-0.05, 0) is 17.2 Å². The summed E-state index contributed by atoms with van der Waals surface area (Å²) in [6.45, 7) is 0. The largest absolute Gasteiger partial charge is 0.478 e. The van der Waals surface area contributed by atoms with Gasteiger partial charge in [0.05, 0.1) is 18.2 Å². The zero-order chi connectivity index (χ0) is 13.8. The van der Waals surface area contributed by atoms with Crippen LogP contribution in [-0.4, -0.2) is 24.2 Å². The van der Waals surface area contributed by atoms with Gasteiger partial charge in [0.2, 0.25) is 0 Å². The molecule has 0 aromatic heterocycles. The Morgan fingerprint density at radius 2 is 1.68 bits per heavy atom. The zero-order valence-electron chi connectivity index (χ0n) is 10.3. The number of esters is 1. The van der Waals surface area contributed by atoms with E-state index in [1.807, 2.05) is 18.2 Å². The molecule has 0 bridgehead atoms. The van der Waals surface area contributed by atoms with Crippen LogP contribution in [0.25, 0.3) is 11.1 Å². The summed E-state index contributed by atoms with van der Waals surface area (Å²) in [6.07, 6.45) is 0. The lowest BCUT2D eigenvalue weighted by Crippen LogP contribution is -2.11. The highest BCUT2D eigenvalue weighted by molar-refractivity contribution is 6.07. The number of rotatable bonds is 3. The number of carbonyl (C=O) groups excluding carboxylic acids is 1. The number of carbonyl (C=O) groups is 2. The third kappa shape index (κ3) is 2.47. The van der Waals surface area contributed by atoms with Crippen LogP contribution >= 0.6 is 0 Å². The fourth-order valence-electron chi connectivity index (χ4n) is 1.92. The molecule has 1 N–H and O–H groups in total. The number of ether oxygens (including phenoxy) is 1. The third-order valence-corrected chi connectivity index (χ3v) is 2.77. The third-order valence-electron chi connectivity index (χ3n) is 2.77. The molecule has 0 aliphatic carbocycles. The van der Waals surface area contributed by atoms with Crippen LogP contribution in [0, 0.1) is 0 Å². The Hall–Kier alpha value is -2.62. The summed E-state index contributed by atoms with van der Waals surface area (Å²) in [7, 11) is 1.23. The molecule has 4 heteroatoms. The highest BCUT2D eigenvalue weighted by Gasteiger charge is 2.21. The molecule has 2 rings (SSSR count). The van der Waals surface area contributed by atoms with E-state index >= 15 is 0 Å². The minimum atomic E-state index is -1.15. The van der Waals surface area contributed by atoms with E-state index in [0.29, 0.717) is 5.56 Å². The number of carboxylic acids is 1. The summed E-state index contributed by atoms with van der Waals surface area (Å²) in [6, 6.07) is 13.8. The molecule has 2 aromatic rings. The molecule has 0 aliphatic heterocycles. The SMILES string of the molecule is COC(=O)c1cccc(-c2ccccc2)c1C(=O)O. The van der Waals surface area contributed by atoms with Gasteiger partial charge in [-0.2, -0.15) is 0 Å². The molecule has 96 valence electrons. The van der Waals surface area contributed by atoms with E-state index < -0.39 is 11.9 Å². The maximum Gasteiger partial charge on any atom is 0.338 e. The minimum absolute atomic E-state index is 0.0412. The van der Waals surface area contributed by atoms with Crippen molar-refractivity contribution >= 4 is 11.9 Å². The number of benzene rings is 2. The fraction of sp³-hybridized carbons (Fsp3) is 0.0667. The second-order valence-electron chi connectivity index (χ2n) is 3.89. The Morgan fingerprint density at radius 1 is 1.00 bits per heavy atom. The van der Waals surface area contributed by atoms with Crippen molar-refractivity contribution < 1.29 is 19.4 Å². The number of hydrogen-bond donors (Lipinski definition) is 1. The Bertz CT molecular complexity index is 617. The van der Waals surface area contributed by atoms with Crippen molar-refractivity contribution in [2.24, 2.45) is 0 Å². The molecule has 0 aliphatic rings. The topological polar surface area (TPSA) is 63.6 Å². The van der Waals surface area contributed by atoms with Gasteiger partial charge in [-0.3, -0.25) is 0 Å².